The summed E-state index contributed by atoms with van der Waals surface area (Å²) in [4.78, 5) is 36.7. The molecule has 0 fully saturated rings. The number of hydrogen-bond donors (Lipinski definition) is 1. The number of benzene rings is 3. The molecule has 0 aliphatic rings. The molecule has 42 heavy (non-hydrogen) atoms. The van der Waals surface area contributed by atoms with E-state index in [2.05, 4.69) is 0 Å². The number of hydrogen-bond acceptors (Lipinski definition) is 8. The van der Waals surface area contributed by atoms with Crippen LogP contribution in [0.4, 0.5) is 10.5 Å². The van der Waals surface area contributed by atoms with Gasteiger partial charge in [0.1, 0.15) is 23.9 Å². The van der Waals surface area contributed by atoms with Crippen LogP contribution in [0.1, 0.15) is 30.9 Å². The lowest BCUT2D eigenvalue weighted by atomic mass is 10.1. The third kappa shape index (κ3) is 10.4. The first-order chi connectivity index (χ1) is 20.3. The zero-order chi connectivity index (χ0) is 30.3. The van der Waals surface area contributed by atoms with Crippen molar-refractivity contribution in [1.29, 1.82) is 0 Å². The van der Waals surface area contributed by atoms with Crippen molar-refractivity contribution in [3.8, 4) is 17.2 Å². The van der Waals surface area contributed by atoms with E-state index in [0.29, 0.717) is 43.9 Å². The van der Waals surface area contributed by atoms with Crippen molar-refractivity contribution in [2.24, 2.45) is 0 Å². The van der Waals surface area contributed by atoms with Gasteiger partial charge >= 0.3 is 12.1 Å². The lowest BCUT2D eigenvalue weighted by Gasteiger charge is -2.22. The number of aryl methyl sites for hydroxylation is 1. The summed E-state index contributed by atoms with van der Waals surface area (Å²) < 4.78 is 22.3. The average molecular weight is 581 g/mol. The number of amides is 1. The van der Waals surface area contributed by atoms with Crippen LogP contribution in [0.25, 0.3) is 0 Å². The van der Waals surface area contributed by atoms with Crippen LogP contribution in [0.2, 0.25) is 0 Å². The highest BCUT2D eigenvalue weighted by atomic mass is 16.6. The number of ether oxygens (including phenoxy) is 4. The fourth-order valence-electron chi connectivity index (χ4n) is 4.05. The van der Waals surface area contributed by atoms with E-state index < -0.39 is 23.1 Å². The van der Waals surface area contributed by atoms with Gasteiger partial charge in [0.25, 0.3) is 5.69 Å². The first-order valence-corrected chi connectivity index (χ1v) is 13.7. The van der Waals surface area contributed by atoms with Gasteiger partial charge in [-0.2, -0.15) is 0 Å². The molecule has 0 bridgehead atoms. The number of nitro benzene ring substituents is 1. The second-order valence-corrected chi connectivity index (χ2v) is 9.41. The molecule has 1 unspecified atom stereocenters. The van der Waals surface area contributed by atoms with E-state index in [9.17, 15) is 24.8 Å². The van der Waals surface area contributed by atoms with Gasteiger partial charge in [0.2, 0.25) is 0 Å². The zero-order valence-corrected chi connectivity index (χ0v) is 23.8. The Morgan fingerprint density at radius 3 is 2.24 bits per heavy atom. The number of unbranched alkanes of at least 4 members (excludes halogenated alkanes) is 1. The van der Waals surface area contributed by atoms with E-state index in [1.807, 2.05) is 30.3 Å². The van der Waals surface area contributed by atoms with Gasteiger partial charge in [0.15, 0.2) is 6.10 Å². The predicted molar refractivity (Wildman–Crippen MR) is 155 cm³/mol. The smallest absolute Gasteiger partial charge is 0.415 e. The Bertz CT molecular complexity index is 1300. The first-order valence-electron chi connectivity index (χ1n) is 13.7. The number of carbonyl (C=O) groups excluding carboxylic acids is 1. The van der Waals surface area contributed by atoms with E-state index in [0.717, 1.165) is 11.3 Å². The molecule has 0 aliphatic heterocycles. The van der Waals surface area contributed by atoms with Crippen LogP contribution in [-0.4, -0.2) is 66.0 Å². The maximum Gasteiger partial charge on any atom is 0.415 e. The van der Waals surface area contributed by atoms with E-state index in [1.165, 1.54) is 23.1 Å². The van der Waals surface area contributed by atoms with Crippen molar-refractivity contribution in [2.75, 3.05) is 32.9 Å². The molecule has 0 saturated carbocycles. The minimum Gasteiger partial charge on any atom is -0.494 e. The number of carboxylic acids is 1. The van der Waals surface area contributed by atoms with E-state index in [4.69, 9.17) is 18.9 Å². The molecule has 0 saturated heterocycles. The summed E-state index contributed by atoms with van der Waals surface area (Å²) in [6.07, 6.45) is -0.0133. The highest BCUT2D eigenvalue weighted by molar-refractivity contribution is 5.72. The Labute approximate surface area is 244 Å². The molecule has 1 N–H and O–H groups in total. The molecule has 11 nitrogen and oxygen atoms in total. The van der Waals surface area contributed by atoms with Crippen LogP contribution >= 0.6 is 0 Å². The molecule has 0 heterocycles. The highest BCUT2D eigenvalue weighted by Crippen LogP contribution is 2.24. The van der Waals surface area contributed by atoms with Crippen LogP contribution in [0.5, 0.6) is 17.2 Å². The quantitative estimate of drug-likeness (QED) is 0.121. The summed E-state index contributed by atoms with van der Waals surface area (Å²) in [5.74, 6) is 0.389. The molecule has 224 valence electrons. The number of nitro groups is 1. The van der Waals surface area contributed by atoms with Crippen LogP contribution in [0.3, 0.4) is 0 Å². The number of carbonyl (C=O) groups is 2. The highest BCUT2D eigenvalue weighted by Gasteiger charge is 2.20. The van der Waals surface area contributed by atoms with Crippen LogP contribution in [-0.2, 0) is 16.0 Å². The molecule has 3 aromatic rings. The van der Waals surface area contributed by atoms with Gasteiger partial charge in [-0.05, 0) is 68.7 Å². The van der Waals surface area contributed by atoms with Crippen molar-refractivity contribution in [3.05, 3.63) is 94.0 Å². The Kier molecular flexibility index (Phi) is 12.6. The van der Waals surface area contributed by atoms with Gasteiger partial charge in [-0.3, -0.25) is 10.1 Å². The third-order valence-electron chi connectivity index (χ3n) is 6.29. The van der Waals surface area contributed by atoms with E-state index in [-0.39, 0.29) is 31.0 Å². The minimum atomic E-state index is -1.02. The number of aliphatic carboxylic acids is 1. The van der Waals surface area contributed by atoms with Crippen LogP contribution < -0.4 is 14.2 Å². The summed E-state index contributed by atoms with van der Waals surface area (Å²) >= 11 is 0. The minimum absolute atomic E-state index is 0.0814. The van der Waals surface area contributed by atoms with Gasteiger partial charge in [0.05, 0.1) is 24.1 Å². The second-order valence-electron chi connectivity index (χ2n) is 9.41. The number of nitrogens with zero attached hydrogens (tertiary/aromatic N) is 2. The molecule has 1 amide bonds. The van der Waals surface area contributed by atoms with Crippen molar-refractivity contribution in [1.82, 2.24) is 4.90 Å². The summed E-state index contributed by atoms with van der Waals surface area (Å²) in [6.45, 7) is 4.88. The average Bonchev–Trinajstić information content (AvgIpc) is 2.98. The standard InChI is InChI=1S/C31H36N2O9/c1-3-39-29(30(34)35)21-24-12-15-26(16-13-24)41-20-18-32(17-7-8-19-40-25-9-5-4-6-10-25)31(36)42-27-14-11-23(2)28(22-27)33(37)38/h4-6,9-16,22,29H,3,7-8,17-21H2,1-2H3,(H,34,35). The first kappa shape index (κ1) is 31.9. The Balaban J connectivity index is 1.57. The second kappa shape index (κ2) is 16.6. The van der Waals surface area contributed by atoms with Gasteiger partial charge < -0.3 is 29.0 Å². The number of carboxylic acid groups (broad SMARTS) is 1. The fourth-order valence-corrected chi connectivity index (χ4v) is 4.05. The number of para-hydroxylation sites is 1. The summed E-state index contributed by atoms with van der Waals surface area (Å²) in [6, 6.07) is 20.7. The molecule has 1 atom stereocenters. The van der Waals surface area contributed by atoms with E-state index >= 15 is 0 Å². The van der Waals surface area contributed by atoms with Crippen molar-refractivity contribution >= 4 is 17.7 Å². The maximum absolute atomic E-state index is 13.0. The number of rotatable bonds is 17. The van der Waals surface area contributed by atoms with E-state index in [1.54, 1.807) is 38.1 Å². The lowest BCUT2D eigenvalue weighted by molar-refractivity contribution is -0.385. The molecule has 0 aliphatic carbocycles. The molecule has 0 spiro atoms. The normalized spacial score (nSPS) is 11.4. The SMILES string of the molecule is CCOC(Cc1ccc(OCCN(CCCCOc2ccccc2)C(=O)Oc2ccc(C)c([N+](=O)[O-])c2)cc1)C(=O)O. The third-order valence-corrected chi connectivity index (χ3v) is 6.29. The largest absolute Gasteiger partial charge is 0.494 e. The summed E-state index contributed by atoms with van der Waals surface area (Å²) in [7, 11) is 0. The molecule has 11 heteroatoms. The Hall–Kier alpha value is -4.64. The monoisotopic (exact) mass is 580 g/mol. The summed E-state index contributed by atoms with van der Waals surface area (Å²) in [5, 5.41) is 20.6. The molecular weight excluding hydrogens is 544 g/mol. The van der Waals surface area contributed by atoms with Crippen LogP contribution in [0, 0.1) is 17.0 Å². The topological polar surface area (TPSA) is 138 Å². The van der Waals surface area contributed by atoms with Gasteiger partial charge in [-0.25, -0.2) is 9.59 Å². The Morgan fingerprint density at radius 2 is 1.57 bits per heavy atom. The van der Waals surface area contributed by atoms with Gasteiger partial charge in [-0.15, -0.1) is 0 Å². The molecule has 3 aromatic carbocycles. The maximum atomic E-state index is 13.0. The molecular formula is C31H36N2O9. The zero-order valence-electron chi connectivity index (χ0n) is 23.8. The molecule has 0 radical (unpaired) electrons. The summed E-state index contributed by atoms with van der Waals surface area (Å²) in [5.41, 5.74) is 1.12. The van der Waals surface area contributed by atoms with Crippen LogP contribution in [0.15, 0.2) is 72.8 Å². The predicted octanol–water partition coefficient (Wildman–Crippen LogP) is 5.67. The van der Waals surface area contributed by atoms with Gasteiger partial charge in [0, 0.05) is 25.1 Å². The van der Waals surface area contributed by atoms with Crippen molar-refractivity contribution < 1.29 is 38.6 Å². The Morgan fingerprint density at radius 1 is 0.905 bits per heavy atom. The van der Waals surface area contributed by atoms with Crippen molar-refractivity contribution in [2.45, 2.75) is 39.2 Å². The fraction of sp³-hybridized carbons (Fsp3) is 0.355. The molecule has 0 aromatic heterocycles. The lowest BCUT2D eigenvalue weighted by Crippen LogP contribution is -2.37. The molecule has 3 rings (SSSR count). The van der Waals surface area contributed by atoms with Gasteiger partial charge in [-0.1, -0.05) is 30.3 Å². The van der Waals surface area contributed by atoms with Crippen molar-refractivity contribution in [3.63, 3.8) is 0 Å².